The summed E-state index contributed by atoms with van der Waals surface area (Å²) in [5.41, 5.74) is 1.07. The molecular weight excluding hydrogens is 469 g/mol. The van der Waals surface area contributed by atoms with Gasteiger partial charge in [-0.2, -0.15) is 11.8 Å². The first-order valence-electron chi connectivity index (χ1n) is 8.53. The molecule has 0 aliphatic carbocycles. The van der Waals surface area contributed by atoms with Crippen molar-refractivity contribution >= 4 is 53.3 Å². The number of benzene rings is 1. The molecule has 1 aliphatic rings. The fourth-order valence-electron chi connectivity index (χ4n) is 2.97. The van der Waals surface area contributed by atoms with E-state index in [9.17, 15) is 0 Å². The first kappa shape index (κ1) is 22.9. The molecule has 2 N–H and O–H groups in total. The first-order valence-corrected chi connectivity index (χ1v) is 9.90. The predicted molar refractivity (Wildman–Crippen MR) is 121 cm³/mol. The number of hydrogen-bond acceptors (Lipinski definition) is 3. The molecule has 1 aromatic carbocycles. The second kappa shape index (κ2) is 11.5. The molecular formula is C18H29ClIN3OS. The van der Waals surface area contributed by atoms with Gasteiger partial charge >= 0.3 is 0 Å². The molecule has 0 saturated carbocycles. The first-order chi connectivity index (χ1) is 11.6. The number of nitrogens with zero attached hydrogens (tertiary/aromatic N) is 1. The van der Waals surface area contributed by atoms with E-state index in [2.05, 4.69) is 29.5 Å². The number of halogens is 2. The molecule has 1 fully saturated rings. The molecule has 1 saturated heterocycles. The minimum absolute atomic E-state index is 0. The van der Waals surface area contributed by atoms with Gasteiger partial charge < -0.3 is 15.4 Å². The van der Waals surface area contributed by atoms with Crippen molar-refractivity contribution in [3.05, 3.63) is 34.9 Å². The third kappa shape index (κ3) is 6.81. The van der Waals surface area contributed by atoms with Crippen LogP contribution in [0.3, 0.4) is 0 Å². The molecule has 142 valence electrons. The summed E-state index contributed by atoms with van der Waals surface area (Å²) in [5, 5.41) is 7.71. The van der Waals surface area contributed by atoms with Crippen molar-refractivity contribution in [3.8, 4) is 0 Å². The molecule has 1 aliphatic heterocycles. The Kier molecular flexibility index (Phi) is 10.5. The van der Waals surface area contributed by atoms with Crippen molar-refractivity contribution in [1.82, 2.24) is 10.6 Å². The molecule has 0 bridgehead atoms. The predicted octanol–water partition coefficient (Wildman–Crippen LogP) is 4.49. The highest BCUT2D eigenvalue weighted by molar-refractivity contribution is 14.0. The summed E-state index contributed by atoms with van der Waals surface area (Å²) in [6, 6.07) is 8.00. The van der Waals surface area contributed by atoms with Crippen molar-refractivity contribution in [2.75, 3.05) is 32.6 Å². The Labute approximate surface area is 177 Å². The highest BCUT2D eigenvalue weighted by atomic mass is 127. The van der Waals surface area contributed by atoms with Crippen molar-refractivity contribution in [2.45, 2.75) is 37.5 Å². The Morgan fingerprint density at radius 2 is 2.04 bits per heavy atom. The molecule has 1 atom stereocenters. The van der Waals surface area contributed by atoms with Gasteiger partial charge in [-0.15, -0.1) is 24.0 Å². The standard InChI is InChI=1S/C18H28ClN3OS.HI/c1-4-24-18(9-11-23-12-10-18)13-21-17(20-3)22-14(2)15-7-5-6-8-16(15)19;/h5-8,14H,4,9-13H2,1-3H3,(H2,20,21,22);1H. The van der Waals surface area contributed by atoms with E-state index < -0.39 is 0 Å². The third-order valence-corrected chi connectivity index (χ3v) is 6.18. The Balaban J connectivity index is 0.00000312. The summed E-state index contributed by atoms with van der Waals surface area (Å²) in [7, 11) is 1.80. The molecule has 0 radical (unpaired) electrons. The lowest BCUT2D eigenvalue weighted by atomic mass is 9.99. The quantitative estimate of drug-likeness (QED) is 0.345. The van der Waals surface area contributed by atoms with Crippen LogP contribution in [0.25, 0.3) is 0 Å². The Hall–Kier alpha value is -0.180. The van der Waals surface area contributed by atoms with E-state index >= 15 is 0 Å². The molecule has 1 aromatic rings. The molecule has 0 amide bonds. The molecule has 4 nitrogen and oxygen atoms in total. The van der Waals surface area contributed by atoms with Crippen LogP contribution in [0.1, 0.15) is 38.3 Å². The number of aliphatic imine (C=N–C) groups is 1. The lowest BCUT2D eigenvalue weighted by Crippen LogP contribution is -2.48. The van der Waals surface area contributed by atoms with Gasteiger partial charge in [0.1, 0.15) is 0 Å². The zero-order valence-electron chi connectivity index (χ0n) is 15.2. The largest absolute Gasteiger partial charge is 0.381 e. The second-order valence-corrected chi connectivity index (χ2v) is 8.18. The van der Waals surface area contributed by atoms with Crippen molar-refractivity contribution in [1.29, 1.82) is 0 Å². The Bertz CT molecular complexity index is 547. The monoisotopic (exact) mass is 497 g/mol. The highest BCUT2D eigenvalue weighted by Crippen LogP contribution is 2.34. The topological polar surface area (TPSA) is 45.7 Å². The fraction of sp³-hybridized carbons (Fsp3) is 0.611. The third-order valence-electron chi connectivity index (χ3n) is 4.38. The van der Waals surface area contributed by atoms with E-state index in [-0.39, 0.29) is 34.8 Å². The minimum Gasteiger partial charge on any atom is -0.381 e. The number of ether oxygens (including phenoxy) is 1. The molecule has 25 heavy (non-hydrogen) atoms. The Morgan fingerprint density at radius 1 is 1.36 bits per heavy atom. The van der Waals surface area contributed by atoms with Gasteiger partial charge in [0, 0.05) is 36.6 Å². The smallest absolute Gasteiger partial charge is 0.191 e. The Morgan fingerprint density at radius 3 is 2.64 bits per heavy atom. The van der Waals surface area contributed by atoms with Crippen LogP contribution in [-0.4, -0.2) is 43.3 Å². The van der Waals surface area contributed by atoms with E-state index in [1.54, 1.807) is 7.05 Å². The molecule has 1 unspecified atom stereocenters. The normalized spacial score (nSPS) is 18.2. The molecule has 1 heterocycles. The summed E-state index contributed by atoms with van der Waals surface area (Å²) < 4.78 is 5.77. The zero-order valence-corrected chi connectivity index (χ0v) is 19.1. The average Bonchev–Trinajstić information content (AvgIpc) is 2.60. The summed E-state index contributed by atoms with van der Waals surface area (Å²) in [6.07, 6.45) is 2.16. The molecule has 0 aromatic heterocycles. The van der Waals surface area contributed by atoms with Gasteiger partial charge in [0.05, 0.1) is 6.04 Å². The van der Waals surface area contributed by atoms with Gasteiger partial charge in [-0.3, -0.25) is 4.99 Å². The maximum Gasteiger partial charge on any atom is 0.191 e. The lowest BCUT2D eigenvalue weighted by molar-refractivity contribution is 0.0782. The lowest BCUT2D eigenvalue weighted by Gasteiger charge is -2.37. The highest BCUT2D eigenvalue weighted by Gasteiger charge is 2.32. The average molecular weight is 498 g/mol. The van der Waals surface area contributed by atoms with Crippen LogP contribution in [0.5, 0.6) is 0 Å². The van der Waals surface area contributed by atoms with Gasteiger partial charge in [0.15, 0.2) is 5.96 Å². The summed E-state index contributed by atoms with van der Waals surface area (Å²) >= 11 is 8.31. The van der Waals surface area contributed by atoms with Gasteiger partial charge in [0.2, 0.25) is 0 Å². The molecule has 7 heteroatoms. The van der Waals surface area contributed by atoms with Crippen molar-refractivity contribution in [2.24, 2.45) is 4.99 Å². The van der Waals surface area contributed by atoms with Crippen LogP contribution >= 0.6 is 47.3 Å². The van der Waals surface area contributed by atoms with Crippen LogP contribution < -0.4 is 10.6 Å². The summed E-state index contributed by atoms with van der Waals surface area (Å²) in [6.45, 7) is 6.89. The van der Waals surface area contributed by atoms with Crippen LogP contribution in [-0.2, 0) is 4.74 Å². The van der Waals surface area contributed by atoms with Gasteiger partial charge in [0.25, 0.3) is 0 Å². The van der Waals surface area contributed by atoms with Crippen LogP contribution in [0.15, 0.2) is 29.3 Å². The van der Waals surface area contributed by atoms with E-state index in [1.165, 1.54) is 0 Å². The van der Waals surface area contributed by atoms with Crippen LogP contribution in [0, 0.1) is 0 Å². The van der Waals surface area contributed by atoms with Crippen LogP contribution in [0.4, 0.5) is 0 Å². The van der Waals surface area contributed by atoms with E-state index in [1.807, 2.05) is 36.0 Å². The zero-order chi connectivity index (χ0) is 17.4. The maximum absolute atomic E-state index is 6.29. The molecule has 0 spiro atoms. The maximum atomic E-state index is 6.29. The van der Waals surface area contributed by atoms with E-state index in [4.69, 9.17) is 16.3 Å². The van der Waals surface area contributed by atoms with Gasteiger partial charge in [-0.05, 0) is 37.1 Å². The van der Waals surface area contributed by atoms with Crippen molar-refractivity contribution < 1.29 is 4.74 Å². The van der Waals surface area contributed by atoms with E-state index in [0.29, 0.717) is 0 Å². The second-order valence-electron chi connectivity index (χ2n) is 6.04. The summed E-state index contributed by atoms with van der Waals surface area (Å²) in [4.78, 5) is 4.37. The molecule has 2 rings (SSSR count). The number of hydrogen-bond donors (Lipinski definition) is 2. The van der Waals surface area contributed by atoms with Gasteiger partial charge in [-0.1, -0.05) is 36.7 Å². The van der Waals surface area contributed by atoms with Crippen molar-refractivity contribution in [3.63, 3.8) is 0 Å². The number of rotatable bonds is 6. The number of nitrogens with one attached hydrogen (secondary N) is 2. The SMILES string of the molecule is CCSC1(CNC(=NC)NC(C)c2ccccc2Cl)CCOCC1.I. The minimum atomic E-state index is 0. The fourth-order valence-corrected chi connectivity index (χ4v) is 4.51. The number of thioether (sulfide) groups is 1. The van der Waals surface area contributed by atoms with E-state index in [0.717, 1.165) is 54.9 Å². The summed E-state index contributed by atoms with van der Waals surface area (Å²) in [5.74, 6) is 1.92. The number of guanidine groups is 1. The van der Waals surface area contributed by atoms with Gasteiger partial charge in [-0.25, -0.2) is 0 Å². The van der Waals surface area contributed by atoms with Crippen LogP contribution in [0.2, 0.25) is 5.02 Å².